The van der Waals surface area contributed by atoms with Gasteiger partial charge in [0.2, 0.25) is 6.79 Å². The van der Waals surface area contributed by atoms with Gasteiger partial charge >= 0.3 is 0 Å². The van der Waals surface area contributed by atoms with Crippen molar-refractivity contribution in [3.63, 3.8) is 0 Å². The molecule has 1 saturated heterocycles. The quantitative estimate of drug-likeness (QED) is 0.894. The summed E-state index contributed by atoms with van der Waals surface area (Å²) in [5.74, 6) is 1.41. The van der Waals surface area contributed by atoms with Gasteiger partial charge in [-0.3, -0.25) is 4.79 Å². The summed E-state index contributed by atoms with van der Waals surface area (Å²) in [7, 11) is 0. The maximum Gasteiger partial charge on any atom is 0.263 e. The number of rotatable bonds is 3. The average Bonchev–Trinajstić information content (AvgIpc) is 3.25. The summed E-state index contributed by atoms with van der Waals surface area (Å²) in [6.45, 7) is 3.37. The van der Waals surface area contributed by atoms with Crippen LogP contribution in [0.1, 0.15) is 29.4 Å². The van der Waals surface area contributed by atoms with Crippen molar-refractivity contribution in [3.05, 3.63) is 29.3 Å². The SMILES string of the molecule is CC1NCCCC1NC(=O)c1cnc(-c2ccc3c(c2)OCO3)s1. The third kappa shape index (κ3) is 2.97. The Morgan fingerprint density at radius 2 is 2.25 bits per heavy atom. The molecule has 0 spiro atoms. The van der Waals surface area contributed by atoms with Crippen molar-refractivity contribution in [2.24, 2.45) is 0 Å². The first-order valence-corrected chi connectivity index (χ1v) is 8.92. The van der Waals surface area contributed by atoms with Gasteiger partial charge in [-0.05, 0) is 44.5 Å². The number of thiazole rings is 1. The standard InChI is InChI=1S/C17H19N3O3S/c1-10-12(3-2-6-18-10)20-16(21)15-8-19-17(24-15)11-4-5-13-14(7-11)23-9-22-13/h4-5,7-8,10,12,18H,2-3,6,9H2,1H3,(H,20,21). The third-order valence-corrected chi connectivity index (χ3v) is 5.47. The van der Waals surface area contributed by atoms with Crippen LogP contribution >= 0.6 is 11.3 Å². The fraction of sp³-hybridized carbons (Fsp3) is 0.412. The predicted octanol–water partition coefficient (Wildman–Crippen LogP) is 2.41. The van der Waals surface area contributed by atoms with Gasteiger partial charge in [0.05, 0.1) is 6.20 Å². The van der Waals surface area contributed by atoms with E-state index in [0.29, 0.717) is 10.9 Å². The molecule has 1 aromatic heterocycles. The Morgan fingerprint density at radius 3 is 3.12 bits per heavy atom. The van der Waals surface area contributed by atoms with Crippen molar-refractivity contribution in [1.29, 1.82) is 0 Å². The fourth-order valence-electron chi connectivity index (χ4n) is 3.02. The van der Waals surface area contributed by atoms with E-state index in [9.17, 15) is 4.79 Å². The first-order chi connectivity index (χ1) is 11.7. The number of carbonyl (C=O) groups excluding carboxylic acids is 1. The van der Waals surface area contributed by atoms with E-state index in [0.717, 1.165) is 41.5 Å². The highest BCUT2D eigenvalue weighted by molar-refractivity contribution is 7.16. The third-order valence-electron chi connectivity index (χ3n) is 4.43. The number of amides is 1. The van der Waals surface area contributed by atoms with Gasteiger partial charge in [0.1, 0.15) is 9.88 Å². The molecule has 0 bridgehead atoms. The summed E-state index contributed by atoms with van der Waals surface area (Å²) < 4.78 is 10.7. The Balaban J connectivity index is 1.49. The lowest BCUT2D eigenvalue weighted by molar-refractivity contribution is 0.0924. The Labute approximate surface area is 144 Å². The van der Waals surface area contributed by atoms with Gasteiger partial charge in [0.25, 0.3) is 5.91 Å². The molecule has 4 rings (SSSR count). The summed E-state index contributed by atoms with van der Waals surface area (Å²) >= 11 is 1.39. The van der Waals surface area contributed by atoms with E-state index in [1.807, 2.05) is 18.2 Å². The van der Waals surface area contributed by atoms with Crippen LogP contribution in [0.25, 0.3) is 10.6 Å². The normalized spacial score (nSPS) is 22.4. The summed E-state index contributed by atoms with van der Waals surface area (Å²) in [4.78, 5) is 17.5. The van der Waals surface area contributed by atoms with Gasteiger partial charge in [0.15, 0.2) is 11.5 Å². The largest absolute Gasteiger partial charge is 0.454 e. The van der Waals surface area contributed by atoms with Crippen LogP contribution in [0.5, 0.6) is 11.5 Å². The molecule has 1 fully saturated rings. The summed E-state index contributed by atoms with van der Waals surface area (Å²) in [6, 6.07) is 6.16. The van der Waals surface area contributed by atoms with E-state index in [1.165, 1.54) is 11.3 Å². The molecule has 126 valence electrons. The molecule has 2 aromatic rings. The first kappa shape index (κ1) is 15.4. The van der Waals surface area contributed by atoms with Crippen molar-refractivity contribution in [3.8, 4) is 22.1 Å². The molecule has 0 saturated carbocycles. The van der Waals surface area contributed by atoms with Crippen molar-refractivity contribution < 1.29 is 14.3 Å². The van der Waals surface area contributed by atoms with Crippen LogP contribution in [0.3, 0.4) is 0 Å². The van der Waals surface area contributed by atoms with Crippen LogP contribution in [0.4, 0.5) is 0 Å². The molecule has 6 nitrogen and oxygen atoms in total. The second-order valence-corrected chi connectivity index (χ2v) is 7.09. The van der Waals surface area contributed by atoms with Gasteiger partial charge in [-0.25, -0.2) is 4.98 Å². The number of piperidine rings is 1. The summed E-state index contributed by atoms with van der Waals surface area (Å²) in [5.41, 5.74) is 0.927. The number of fused-ring (bicyclic) bond motifs is 1. The molecular weight excluding hydrogens is 326 g/mol. The Kier molecular flexibility index (Phi) is 4.12. The van der Waals surface area contributed by atoms with Crippen molar-refractivity contribution in [2.45, 2.75) is 31.8 Å². The van der Waals surface area contributed by atoms with Gasteiger partial charge < -0.3 is 20.1 Å². The number of aromatic nitrogens is 1. The molecular formula is C17H19N3O3S. The number of nitrogens with one attached hydrogen (secondary N) is 2. The van der Waals surface area contributed by atoms with Crippen molar-refractivity contribution >= 4 is 17.2 Å². The number of nitrogens with zero attached hydrogens (tertiary/aromatic N) is 1. The van der Waals surface area contributed by atoms with Crippen LogP contribution in [0.2, 0.25) is 0 Å². The van der Waals surface area contributed by atoms with E-state index in [2.05, 4.69) is 22.5 Å². The van der Waals surface area contributed by atoms with Crippen LogP contribution in [0.15, 0.2) is 24.4 Å². The lowest BCUT2D eigenvalue weighted by atomic mass is 10.00. The van der Waals surface area contributed by atoms with E-state index in [4.69, 9.17) is 9.47 Å². The number of carbonyl (C=O) groups is 1. The van der Waals surface area contributed by atoms with Crippen LogP contribution < -0.4 is 20.1 Å². The van der Waals surface area contributed by atoms with E-state index < -0.39 is 0 Å². The zero-order valence-electron chi connectivity index (χ0n) is 13.4. The highest BCUT2D eigenvalue weighted by Crippen LogP contribution is 2.36. The second-order valence-electron chi connectivity index (χ2n) is 6.06. The summed E-state index contributed by atoms with van der Waals surface area (Å²) in [6.07, 6.45) is 3.73. The topological polar surface area (TPSA) is 72.5 Å². The smallest absolute Gasteiger partial charge is 0.263 e. The Hall–Kier alpha value is -2.12. The Bertz CT molecular complexity index is 761. The number of ether oxygens (including phenoxy) is 2. The van der Waals surface area contributed by atoms with Gasteiger partial charge in [-0.15, -0.1) is 11.3 Å². The molecule has 3 heterocycles. The molecule has 1 amide bonds. The second kappa shape index (κ2) is 6.41. The minimum absolute atomic E-state index is 0.0555. The summed E-state index contributed by atoms with van der Waals surface area (Å²) in [5, 5.41) is 7.31. The minimum atomic E-state index is -0.0555. The van der Waals surface area contributed by atoms with Crippen molar-refractivity contribution in [1.82, 2.24) is 15.6 Å². The highest BCUT2D eigenvalue weighted by atomic mass is 32.1. The maximum atomic E-state index is 12.5. The molecule has 2 aliphatic heterocycles. The molecule has 7 heteroatoms. The molecule has 1 aromatic carbocycles. The number of hydrogen-bond acceptors (Lipinski definition) is 6. The Morgan fingerprint density at radius 1 is 1.38 bits per heavy atom. The first-order valence-electron chi connectivity index (χ1n) is 8.11. The van der Waals surface area contributed by atoms with Crippen molar-refractivity contribution in [2.75, 3.05) is 13.3 Å². The van der Waals surface area contributed by atoms with Gasteiger partial charge in [-0.2, -0.15) is 0 Å². The maximum absolute atomic E-state index is 12.5. The monoisotopic (exact) mass is 345 g/mol. The van der Waals surface area contributed by atoms with Crippen LogP contribution in [0, 0.1) is 0 Å². The average molecular weight is 345 g/mol. The van der Waals surface area contributed by atoms with Gasteiger partial charge in [0, 0.05) is 17.6 Å². The predicted molar refractivity (Wildman–Crippen MR) is 91.6 cm³/mol. The zero-order chi connectivity index (χ0) is 16.5. The molecule has 2 unspecified atom stereocenters. The highest BCUT2D eigenvalue weighted by Gasteiger charge is 2.24. The van der Waals surface area contributed by atoms with E-state index in [-0.39, 0.29) is 18.7 Å². The van der Waals surface area contributed by atoms with Crippen LogP contribution in [-0.4, -0.2) is 36.3 Å². The van der Waals surface area contributed by atoms with Gasteiger partial charge in [-0.1, -0.05) is 0 Å². The van der Waals surface area contributed by atoms with E-state index in [1.54, 1.807) is 6.20 Å². The number of hydrogen-bond donors (Lipinski definition) is 2. The molecule has 24 heavy (non-hydrogen) atoms. The fourth-order valence-corrected chi connectivity index (χ4v) is 3.84. The lowest BCUT2D eigenvalue weighted by Crippen LogP contribution is -2.51. The molecule has 2 atom stereocenters. The molecule has 2 aliphatic rings. The molecule has 0 aliphatic carbocycles. The number of benzene rings is 1. The van der Waals surface area contributed by atoms with E-state index >= 15 is 0 Å². The van der Waals surface area contributed by atoms with Crippen LogP contribution in [-0.2, 0) is 0 Å². The molecule has 0 radical (unpaired) electrons. The zero-order valence-corrected chi connectivity index (χ0v) is 14.2. The molecule has 2 N–H and O–H groups in total. The minimum Gasteiger partial charge on any atom is -0.454 e. The lowest BCUT2D eigenvalue weighted by Gasteiger charge is -2.30.